The van der Waals surface area contributed by atoms with E-state index in [0.29, 0.717) is 13.1 Å². The SMILES string of the molecule is CC1CN(C(=O)OC(C)(C)C)CC(C(=O)NCc2ccc(-c3ccco3)cc2)N1. The maximum Gasteiger partial charge on any atom is 0.410 e. The van der Waals surface area contributed by atoms with Crippen LogP contribution in [0.25, 0.3) is 11.3 Å². The van der Waals surface area contributed by atoms with E-state index in [1.54, 1.807) is 11.2 Å². The Morgan fingerprint density at radius 1 is 1.21 bits per heavy atom. The van der Waals surface area contributed by atoms with Crippen LogP contribution in [0, 0.1) is 0 Å². The van der Waals surface area contributed by atoms with Crippen molar-refractivity contribution >= 4 is 12.0 Å². The average Bonchev–Trinajstić information content (AvgIpc) is 3.19. The highest BCUT2D eigenvalue weighted by atomic mass is 16.6. The summed E-state index contributed by atoms with van der Waals surface area (Å²) in [5, 5.41) is 6.20. The number of carbonyl (C=O) groups is 2. The van der Waals surface area contributed by atoms with Gasteiger partial charge in [0.15, 0.2) is 0 Å². The van der Waals surface area contributed by atoms with E-state index in [9.17, 15) is 9.59 Å². The molecule has 1 aliphatic heterocycles. The van der Waals surface area contributed by atoms with Gasteiger partial charge in [0.1, 0.15) is 17.4 Å². The number of nitrogens with one attached hydrogen (secondary N) is 2. The van der Waals surface area contributed by atoms with Crippen LogP contribution in [0.1, 0.15) is 33.3 Å². The minimum atomic E-state index is -0.565. The molecule has 0 radical (unpaired) electrons. The Morgan fingerprint density at radius 2 is 1.93 bits per heavy atom. The van der Waals surface area contributed by atoms with Crippen molar-refractivity contribution in [3.63, 3.8) is 0 Å². The van der Waals surface area contributed by atoms with Gasteiger partial charge in [-0.15, -0.1) is 0 Å². The molecule has 0 saturated carbocycles. The van der Waals surface area contributed by atoms with Crippen LogP contribution in [0.3, 0.4) is 0 Å². The lowest BCUT2D eigenvalue weighted by Crippen LogP contribution is -2.62. The lowest BCUT2D eigenvalue weighted by atomic mass is 10.1. The molecular weight excluding hydrogens is 370 g/mol. The molecule has 7 nitrogen and oxygen atoms in total. The molecule has 1 aromatic heterocycles. The maximum absolute atomic E-state index is 12.7. The Hall–Kier alpha value is -2.80. The molecule has 3 rings (SSSR count). The van der Waals surface area contributed by atoms with Crippen LogP contribution in [0.2, 0.25) is 0 Å². The third kappa shape index (κ3) is 5.84. The van der Waals surface area contributed by atoms with Crippen LogP contribution in [-0.2, 0) is 16.1 Å². The summed E-state index contributed by atoms with van der Waals surface area (Å²) in [6, 6.07) is 11.1. The molecule has 7 heteroatoms. The summed E-state index contributed by atoms with van der Waals surface area (Å²) in [5.74, 6) is 0.670. The number of amides is 2. The fourth-order valence-corrected chi connectivity index (χ4v) is 3.25. The number of nitrogens with zero attached hydrogens (tertiary/aromatic N) is 1. The van der Waals surface area contributed by atoms with Gasteiger partial charge < -0.3 is 24.7 Å². The molecule has 1 saturated heterocycles. The second-order valence-electron chi connectivity index (χ2n) is 8.40. The first-order valence-electron chi connectivity index (χ1n) is 9.86. The zero-order valence-electron chi connectivity index (χ0n) is 17.4. The van der Waals surface area contributed by atoms with E-state index in [4.69, 9.17) is 9.15 Å². The smallest absolute Gasteiger partial charge is 0.410 e. The number of carbonyl (C=O) groups excluding carboxylic acids is 2. The molecule has 2 atom stereocenters. The van der Waals surface area contributed by atoms with E-state index >= 15 is 0 Å². The molecule has 0 bridgehead atoms. The van der Waals surface area contributed by atoms with Crippen LogP contribution in [0.4, 0.5) is 4.79 Å². The van der Waals surface area contributed by atoms with Gasteiger partial charge in [-0.1, -0.05) is 24.3 Å². The summed E-state index contributed by atoms with van der Waals surface area (Å²) in [4.78, 5) is 26.6. The van der Waals surface area contributed by atoms with Gasteiger partial charge in [0, 0.05) is 31.2 Å². The van der Waals surface area contributed by atoms with Crippen LogP contribution < -0.4 is 10.6 Å². The third-order valence-electron chi connectivity index (χ3n) is 4.58. The van der Waals surface area contributed by atoms with Gasteiger partial charge in [-0.25, -0.2) is 4.79 Å². The molecule has 1 fully saturated rings. The van der Waals surface area contributed by atoms with E-state index in [1.165, 1.54) is 0 Å². The second-order valence-corrected chi connectivity index (χ2v) is 8.40. The highest BCUT2D eigenvalue weighted by Crippen LogP contribution is 2.20. The Morgan fingerprint density at radius 3 is 2.55 bits per heavy atom. The minimum absolute atomic E-state index is 0.000372. The van der Waals surface area contributed by atoms with Crippen molar-refractivity contribution in [2.45, 2.75) is 51.9 Å². The molecule has 29 heavy (non-hydrogen) atoms. The molecular formula is C22H29N3O4. The first kappa shape index (κ1) is 20.9. The molecule has 2 aromatic rings. The van der Waals surface area contributed by atoms with E-state index in [2.05, 4.69) is 10.6 Å². The maximum atomic E-state index is 12.7. The van der Waals surface area contributed by atoms with Crippen molar-refractivity contribution in [2.75, 3.05) is 13.1 Å². The van der Waals surface area contributed by atoms with Crippen molar-refractivity contribution in [1.29, 1.82) is 0 Å². The van der Waals surface area contributed by atoms with E-state index in [1.807, 2.05) is 64.1 Å². The van der Waals surface area contributed by atoms with Crippen LogP contribution in [-0.4, -0.2) is 47.7 Å². The van der Waals surface area contributed by atoms with Gasteiger partial charge in [-0.05, 0) is 45.4 Å². The predicted molar refractivity (Wildman–Crippen MR) is 110 cm³/mol. The van der Waals surface area contributed by atoms with Crippen molar-refractivity contribution < 1.29 is 18.7 Å². The zero-order chi connectivity index (χ0) is 21.0. The van der Waals surface area contributed by atoms with Crippen molar-refractivity contribution in [1.82, 2.24) is 15.5 Å². The predicted octanol–water partition coefficient (Wildman–Crippen LogP) is 3.16. The van der Waals surface area contributed by atoms with Crippen molar-refractivity contribution in [3.8, 4) is 11.3 Å². The van der Waals surface area contributed by atoms with Gasteiger partial charge in [0.25, 0.3) is 0 Å². The number of benzene rings is 1. The highest BCUT2D eigenvalue weighted by molar-refractivity contribution is 5.83. The van der Waals surface area contributed by atoms with E-state index in [0.717, 1.165) is 16.9 Å². The Balaban J connectivity index is 1.55. The summed E-state index contributed by atoms with van der Waals surface area (Å²) in [7, 11) is 0. The van der Waals surface area contributed by atoms with E-state index < -0.39 is 17.7 Å². The Labute approximate surface area is 171 Å². The van der Waals surface area contributed by atoms with Crippen molar-refractivity contribution in [3.05, 3.63) is 48.2 Å². The van der Waals surface area contributed by atoms with Gasteiger partial charge in [0.05, 0.1) is 6.26 Å². The molecule has 0 aliphatic carbocycles. The fourth-order valence-electron chi connectivity index (χ4n) is 3.25. The monoisotopic (exact) mass is 399 g/mol. The molecule has 2 unspecified atom stereocenters. The third-order valence-corrected chi connectivity index (χ3v) is 4.58. The molecule has 2 amide bonds. The standard InChI is InChI=1S/C22H29N3O4/c1-15-13-25(21(27)29-22(2,3)4)14-18(24-15)20(26)23-12-16-7-9-17(10-8-16)19-6-5-11-28-19/h5-11,15,18,24H,12-14H2,1-4H3,(H,23,26). The number of hydrogen-bond donors (Lipinski definition) is 2. The summed E-state index contributed by atoms with van der Waals surface area (Å²) in [5.41, 5.74) is 1.41. The normalized spacial score (nSPS) is 19.7. The molecule has 156 valence electrons. The Bertz CT molecular complexity index is 825. The topological polar surface area (TPSA) is 83.8 Å². The summed E-state index contributed by atoms with van der Waals surface area (Å²) < 4.78 is 10.8. The van der Waals surface area contributed by atoms with Crippen molar-refractivity contribution in [2.24, 2.45) is 0 Å². The van der Waals surface area contributed by atoms with Gasteiger partial charge in [-0.2, -0.15) is 0 Å². The number of hydrogen-bond acceptors (Lipinski definition) is 5. The molecule has 1 aliphatic rings. The molecule has 2 N–H and O–H groups in total. The van der Waals surface area contributed by atoms with Gasteiger partial charge in [-0.3, -0.25) is 4.79 Å². The number of rotatable bonds is 4. The number of ether oxygens (including phenoxy) is 1. The summed E-state index contributed by atoms with van der Waals surface area (Å²) in [6.45, 7) is 8.64. The van der Waals surface area contributed by atoms with Crippen LogP contribution in [0.5, 0.6) is 0 Å². The second kappa shape index (κ2) is 8.69. The van der Waals surface area contributed by atoms with E-state index in [-0.39, 0.29) is 18.5 Å². The largest absolute Gasteiger partial charge is 0.464 e. The zero-order valence-corrected chi connectivity index (χ0v) is 17.4. The number of piperazine rings is 1. The van der Waals surface area contributed by atoms with Crippen LogP contribution >= 0.6 is 0 Å². The lowest BCUT2D eigenvalue weighted by molar-refractivity contribution is -0.124. The molecule has 1 aromatic carbocycles. The van der Waals surface area contributed by atoms with Gasteiger partial charge >= 0.3 is 6.09 Å². The van der Waals surface area contributed by atoms with Crippen LogP contribution in [0.15, 0.2) is 47.1 Å². The molecule has 2 heterocycles. The first-order chi connectivity index (χ1) is 13.7. The summed E-state index contributed by atoms with van der Waals surface area (Å²) >= 11 is 0. The first-order valence-corrected chi connectivity index (χ1v) is 9.86. The molecule has 0 spiro atoms. The average molecular weight is 399 g/mol. The fraction of sp³-hybridized carbons (Fsp3) is 0.455. The quantitative estimate of drug-likeness (QED) is 0.825. The number of furan rings is 1. The Kier molecular flexibility index (Phi) is 6.27. The van der Waals surface area contributed by atoms with Gasteiger partial charge in [0.2, 0.25) is 5.91 Å². The highest BCUT2D eigenvalue weighted by Gasteiger charge is 2.33. The summed E-state index contributed by atoms with van der Waals surface area (Å²) in [6.07, 6.45) is 1.25. The minimum Gasteiger partial charge on any atom is -0.464 e. The lowest BCUT2D eigenvalue weighted by Gasteiger charge is -2.37.